The number of hydrogen-bond donors (Lipinski definition) is 2. The lowest BCUT2D eigenvalue weighted by molar-refractivity contribution is -0.138. The predicted octanol–water partition coefficient (Wildman–Crippen LogP) is 4.08. The second kappa shape index (κ2) is 10.7. The number of rotatable bonds is 8. The summed E-state index contributed by atoms with van der Waals surface area (Å²) in [6.45, 7) is 1.66. The first kappa shape index (κ1) is 23.9. The number of amides is 1. The molecule has 1 aliphatic carbocycles. The van der Waals surface area contributed by atoms with E-state index in [1.54, 1.807) is 7.05 Å². The molecule has 7 nitrogen and oxygen atoms in total. The van der Waals surface area contributed by atoms with Gasteiger partial charge in [-0.15, -0.1) is 0 Å². The highest BCUT2D eigenvalue weighted by atomic mass is 19.4. The lowest BCUT2D eigenvalue weighted by Gasteiger charge is -2.28. The highest BCUT2D eigenvalue weighted by Gasteiger charge is 2.33. The zero-order chi connectivity index (χ0) is 23.1. The minimum absolute atomic E-state index is 0.0192. The van der Waals surface area contributed by atoms with Gasteiger partial charge in [0.2, 0.25) is 11.9 Å². The molecule has 0 aromatic carbocycles. The van der Waals surface area contributed by atoms with E-state index >= 15 is 0 Å². The molecule has 2 aromatic rings. The Balaban J connectivity index is 1.48. The van der Waals surface area contributed by atoms with Crippen molar-refractivity contribution < 1.29 is 18.0 Å². The minimum Gasteiger partial charge on any atom is -0.357 e. The summed E-state index contributed by atoms with van der Waals surface area (Å²) in [5, 5.41) is 5.62. The van der Waals surface area contributed by atoms with Gasteiger partial charge < -0.3 is 10.6 Å². The Hall–Kier alpha value is -2.78. The number of aromatic nitrogens is 4. The fourth-order valence-corrected chi connectivity index (χ4v) is 4.27. The molecule has 2 aromatic heterocycles. The summed E-state index contributed by atoms with van der Waals surface area (Å²) in [5.41, 5.74) is -0.779. The molecule has 2 atom stereocenters. The highest BCUT2D eigenvalue weighted by Crippen LogP contribution is 2.33. The van der Waals surface area contributed by atoms with E-state index in [-0.39, 0.29) is 23.9 Å². The maximum atomic E-state index is 13.1. The van der Waals surface area contributed by atoms with E-state index < -0.39 is 11.7 Å². The van der Waals surface area contributed by atoms with E-state index in [0.29, 0.717) is 17.7 Å². The van der Waals surface area contributed by atoms with Gasteiger partial charge >= 0.3 is 6.18 Å². The summed E-state index contributed by atoms with van der Waals surface area (Å²) in [4.78, 5) is 29.3. The van der Waals surface area contributed by atoms with E-state index in [0.717, 1.165) is 69.2 Å². The summed E-state index contributed by atoms with van der Waals surface area (Å²) < 4.78 is 39.4. The molecular weight excluding hydrogens is 421 g/mol. The van der Waals surface area contributed by atoms with Crippen molar-refractivity contribution in [1.82, 2.24) is 25.3 Å². The van der Waals surface area contributed by atoms with Gasteiger partial charge in [-0.25, -0.2) is 4.98 Å². The first-order chi connectivity index (χ1) is 15.3. The quantitative estimate of drug-likeness (QED) is 0.630. The van der Waals surface area contributed by atoms with Crippen LogP contribution in [-0.2, 0) is 23.9 Å². The van der Waals surface area contributed by atoms with Crippen molar-refractivity contribution in [1.29, 1.82) is 0 Å². The van der Waals surface area contributed by atoms with Crippen molar-refractivity contribution in [2.75, 3.05) is 12.4 Å². The van der Waals surface area contributed by atoms with Crippen LogP contribution >= 0.6 is 0 Å². The van der Waals surface area contributed by atoms with Crippen LogP contribution in [0.2, 0.25) is 0 Å². The first-order valence-corrected chi connectivity index (χ1v) is 10.9. The summed E-state index contributed by atoms with van der Waals surface area (Å²) in [5.74, 6) is 2.05. The molecule has 1 aliphatic rings. The third-order valence-electron chi connectivity index (χ3n) is 5.85. The Morgan fingerprint density at radius 3 is 2.78 bits per heavy atom. The van der Waals surface area contributed by atoms with Crippen molar-refractivity contribution in [3.63, 3.8) is 0 Å². The molecule has 2 heterocycles. The Labute approximate surface area is 185 Å². The molecule has 1 unspecified atom stereocenters. The second-order valence-corrected chi connectivity index (χ2v) is 8.24. The van der Waals surface area contributed by atoms with Gasteiger partial charge in [-0.05, 0) is 44.6 Å². The smallest absolute Gasteiger partial charge is 0.357 e. The van der Waals surface area contributed by atoms with Crippen LogP contribution in [0.25, 0.3) is 0 Å². The van der Waals surface area contributed by atoms with Crippen LogP contribution in [0.1, 0.15) is 61.3 Å². The van der Waals surface area contributed by atoms with Crippen LogP contribution in [0.4, 0.5) is 19.1 Å². The molecule has 2 N–H and O–H groups in total. The molecule has 32 heavy (non-hydrogen) atoms. The van der Waals surface area contributed by atoms with Crippen molar-refractivity contribution in [2.24, 2.45) is 11.8 Å². The van der Waals surface area contributed by atoms with Crippen LogP contribution in [0.15, 0.2) is 18.5 Å². The summed E-state index contributed by atoms with van der Waals surface area (Å²) in [7, 11) is 1.77. The standard InChI is InChI=1S/C22H29F3N6O/c1-14-29-19(31-21(26-2)30-14)8-4-6-15-5-3-7-16(11-15)20(32)28-13-17-12-27-10-9-18(17)22(23,24)25/h9-10,12,15-16H,3-8,11,13H2,1-2H3,(H,28,32)(H,26,29,30,31)/t15?,16-/m0/s1. The Morgan fingerprint density at radius 2 is 2.03 bits per heavy atom. The van der Waals surface area contributed by atoms with Crippen molar-refractivity contribution in [3.8, 4) is 0 Å². The van der Waals surface area contributed by atoms with Crippen LogP contribution in [0.3, 0.4) is 0 Å². The zero-order valence-electron chi connectivity index (χ0n) is 18.4. The van der Waals surface area contributed by atoms with E-state index in [4.69, 9.17) is 0 Å². The van der Waals surface area contributed by atoms with Gasteiger partial charge in [-0.1, -0.05) is 12.8 Å². The van der Waals surface area contributed by atoms with Crippen LogP contribution < -0.4 is 10.6 Å². The number of carbonyl (C=O) groups is 1. The second-order valence-electron chi connectivity index (χ2n) is 8.24. The molecular formula is C22H29F3N6O. The monoisotopic (exact) mass is 450 g/mol. The van der Waals surface area contributed by atoms with Gasteiger partial charge in [-0.2, -0.15) is 23.1 Å². The topological polar surface area (TPSA) is 92.7 Å². The fraction of sp³-hybridized carbons (Fsp3) is 0.591. The molecule has 0 spiro atoms. The Kier molecular flexibility index (Phi) is 7.98. The lowest BCUT2D eigenvalue weighted by Crippen LogP contribution is -2.34. The number of nitrogens with zero attached hydrogens (tertiary/aromatic N) is 4. The van der Waals surface area contributed by atoms with Gasteiger partial charge in [0, 0.05) is 43.9 Å². The number of alkyl halides is 3. The number of pyridine rings is 1. The SMILES string of the molecule is CNc1nc(C)nc(CCCC2CCC[C@H](C(=O)NCc3cnccc3C(F)(F)F)C2)n1. The largest absolute Gasteiger partial charge is 0.416 e. The van der Waals surface area contributed by atoms with Gasteiger partial charge in [-0.3, -0.25) is 9.78 Å². The molecule has 0 radical (unpaired) electrons. The fourth-order valence-electron chi connectivity index (χ4n) is 4.27. The van der Waals surface area contributed by atoms with Crippen LogP contribution in [0, 0.1) is 18.8 Å². The average molecular weight is 451 g/mol. The van der Waals surface area contributed by atoms with Crippen molar-refractivity contribution in [3.05, 3.63) is 41.2 Å². The molecule has 10 heteroatoms. The Bertz CT molecular complexity index is 921. The third kappa shape index (κ3) is 6.61. The van der Waals surface area contributed by atoms with Gasteiger partial charge in [0.1, 0.15) is 11.6 Å². The van der Waals surface area contributed by atoms with Gasteiger partial charge in [0.25, 0.3) is 0 Å². The van der Waals surface area contributed by atoms with E-state index in [2.05, 4.69) is 30.6 Å². The molecule has 0 aliphatic heterocycles. The van der Waals surface area contributed by atoms with Crippen molar-refractivity contribution >= 4 is 11.9 Å². The number of aryl methyl sites for hydroxylation is 2. The zero-order valence-corrected chi connectivity index (χ0v) is 18.4. The molecule has 0 bridgehead atoms. The van der Waals surface area contributed by atoms with Gasteiger partial charge in [0.15, 0.2) is 0 Å². The number of halogens is 3. The van der Waals surface area contributed by atoms with E-state index in [1.165, 1.54) is 0 Å². The Morgan fingerprint density at radius 1 is 1.22 bits per heavy atom. The average Bonchev–Trinajstić information content (AvgIpc) is 2.77. The molecule has 3 rings (SSSR count). The summed E-state index contributed by atoms with van der Waals surface area (Å²) in [6.07, 6.45) is 3.94. The maximum absolute atomic E-state index is 13.1. The van der Waals surface area contributed by atoms with E-state index in [1.807, 2.05) is 6.92 Å². The summed E-state index contributed by atoms with van der Waals surface area (Å²) >= 11 is 0. The van der Waals surface area contributed by atoms with Crippen LogP contribution in [0.5, 0.6) is 0 Å². The molecule has 174 valence electrons. The lowest BCUT2D eigenvalue weighted by atomic mass is 9.78. The maximum Gasteiger partial charge on any atom is 0.416 e. The normalized spacial score (nSPS) is 18.9. The number of hydrogen-bond acceptors (Lipinski definition) is 6. The third-order valence-corrected chi connectivity index (χ3v) is 5.85. The number of anilines is 1. The van der Waals surface area contributed by atoms with Crippen LogP contribution in [-0.4, -0.2) is 32.9 Å². The molecule has 1 saturated carbocycles. The predicted molar refractivity (Wildman–Crippen MR) is 114 cm³/mol. The summed E-state index contributed by atoms with van der Waals surface area (Å²) in [6, 6.07) is 0.936. The number of carbonyl (C=O) groups excluding carboxylic acids is 1. The first-order valence-electron chi connectivity index (χ1n) is 10.9. The highest BCUT2D eigenvalue weighted by molar-refractivity contribution is 5.78. The number of nitrogens with one attached hydrogen (secondary N) is 2. The van der Waals surface area contributed by atoms with Crippen molar-refractivity contribution in [2.45, 2.75) is 64.6 Å². The molecule has 1 amide bonds. The van der Waals surface area contributed by atoms with Gasteiger partial charge in [0.05, 0.1) is 5.56 Å². The van der Waals surface area contributed by atoms with E-state index in [9.17, 15) is 18.0 Å². The minimum atomic E-state index is -4.47. The molecule has 0 saturated heterocycles. The molecule has 1 fully saturated rings.